The number of rotatable bonds is 5. The highest BCUT2D eigenvalue weighted by atomic mass is 16.5. The van der Waals surface area contributed by atoms with Gasteiger partial charge >= 0.3 is 0 Å². The van der Waals surface area contributed by atoms with Crippen molar-refractivity contribution in [1.29, 1.82) is 5.26 Å². The van der Waals surface area contributed by atoms with Crippen LogP contribution in [0.4, 0.5) is 0 Å². The molecule has 0 bridgehead atoms. The van der Waals surface area contributed by atoms with Crippen LogP contribution in [0.5, 0.6) is 0 Å². The number of nitrogens with zero attached hydrogens (tertiary/aromatic N) is 1. The Balaban J connectivity index is 1.80. The third kappa shape index (κ3) is 3.99. The summed E-state index contributed by atoms with van der Waals surface area (Å²) >= 11 is 0. The van der Waals surface area contributed by atoms with Crippen molar-refractivity contribution in [3.8, 4) is 6.07 Å². The Morgan fingerprint density at radius 3 is 2.71 bits per heavy atom. The normalized spacial score (nSPS) is 39.1. The zero-order chi connectivity index (χ0) is 15.5. The molecule has 2 aliphatic rings. The maximum atomic E-state index is 9.49. The number of nitriles is 1. The smallest absolute Gasteiger partial charge is 0.109 e. The minimum Gasteiger partial charge on any atom is -0.378 e. The van der Waals surface area contributed by atoms with Crippen molar-refractivity contribution in [2.24, 2.45) is 17.3 Å². The Hall–Kier alpha value is -0.590. The van der Waals surface area contributed by atoms with Gasteiger partial charge < -0.3 is 10.1 Å². The maximum absolute atomic E-state index is 9.49. The van der Waals surface area contributed by atoms with Crippen molar-refractivity contribution in [3.63, 3.8) is 0 Å². The SMILES string of the molecule is CNC1(C#N)CCCC1CCOC1CC(C)CC(C)(C)C1. The van der Waals surface area contributed by atoms with Crippen LogP contribution >= 0.6 is 0 Å². The predicted octanol–water partition coefficient (Wildman–Crippen LogP) is 3.89. The van der Waals surface area contributed by atoms with Gasteiger partial charge in [-0.05, 0) is 62.8 Å². The van der Waals surface area contributed by atoms with Gasteiger partial charge in [0.2, 0.25) is 0 Å². The second-order valence-corrected chi connectivity index (χ2v) is 8.12. The van der Waals surface area contributed by atoms with Gasteiger partial charge in [-0.1, -0.05) is 27.2 Å². The van der Waals surface area contributed by atoms with Gasteiger partial charge in [-0.2, -0.15) is 5.26 Å². The zero-order valence-electron chi connectivity index (χ0n) is 14.2. The molecule has 0 aliphatic heterocycles. The van der Waals surface area contributed by atoms with E-state index >= 15 is 0 Å². The molecule has 0 heterocycles. The third-order valence-corrected chi connectivity index (χ3v) is 5.63. The van der Waals surface area contributed by atoms with Crippen LogP contribution in [-0.2, 0) is 4.74 Å². The summed E-state index contributed by atoms with van der Waals surface area (Å²) in [6, 6.07) is 2.52. The topological polar surface area (TPSA) is 45.0 Å². The quantitative estimate of drug-likeness (QED) is 0.836. The van der Waals surface area contributed by atoms with Crippen LogP contribution < -0.4 is 5.32 Å². The fraction of sp³-hybridized carbons (Fsp3) is 0.944. The predicted molar refractivity (Wildman–Crippen MR) is 85.9 cm³/mol. The molecule has 2 fully saturated rings. The average Bonchev–Trinajstić information content (AvgIpc) is 2.80. The summed E-state index contributed by atoms with van der Waals surface area (Å²) in [7, 11) is 1.92. The lowest BCUT2D eigenvalue weighted by Crippen LogP contribution is -2.45. The lowest BCUT2D eigenvalue weighted by molar-refractivity contribution is -0.0284. The number of nitrogens with one attached hydrogen (secondary N) is 1. The Kier molecular flexibility index (Phi) is 5.33. The van der Waals surface area contributed by atoms with Gasteiger partial charge in [0, 0.05) is 6.61 Å². The van der Waals surface area contributed by atoms with Crippen molar-refractivity contribution in [2.75, 3.05) is 13.7 Å². The van der Waals surface area contributed by atoms with Crippen LogP contribution in [0.1, 0.15) is 65.7 Å². The summed E-state index contributed by atoms with van der Waals surface area (Å²) in [6.45, 7) is 7.87. The highest BCUT2D eigenvalue weighted by Crippen LogP contribution is 2.40. The summed E-state index contributed by atoms with van der Waals surface area (Å²) in [5.41, 5.74) is 0.111. The molecule has 120 valence electrons. The first kappa shape index (κ1) is 16.8. The van der Waals surface area contributed by atoms with Crippen LogP contribution in [-0.4, -0.2) is 25.3 Å². The molecule has 4 unspecified atom stereocenters. The molecule has 0 aromatic heterocycles. The van der Waals surface area contributed by atoms with Gasteiger partial charge in [0.15, 0.2) is 0 Å². The molecule has 0 saturated heterocycles. The van der Waals surface area contributed by atoms with Crippen molar-refractivity contribution in [2.45, 2.75) is 77.4 Å². The lowest BCUT2D eigenvalue weighted by Gasteiger charge is -2.39. The van der Waals surface area contributed by atoms with E-state index in [9.17, 15) is 5.26 Å². The minimum atomic E-state index is -0.303. The highest BCUT2D eigenvalue weighted by molar-refractivity contribution is 5.13. The van der Waals surface area contributed by atoms with E-state index in [1.807, 2.05) is 7.05 Å². The largest absolute Gasteiger partial charge is 0.378 e. The molecule has 3 nitrogen and oxygen atoms in total. The molecule has 0 spiro atoms. The third-order valence-electron chi connectivity index (χ3n) is 5.63. The van der Waals surface area contributed by atoms with Crippen LogP contribution in [0.2, 0.25) is 0 Å². The fourth-order valence-corrected chi connectivity index (χ4v) is 4.76. The van der Waals surface area contributed by atoms with E-state index < -0.39 is 0 Å². The van der Waals surface area contributed by atoms with E-state index in [1.165, 1.54) is 19.3 Å². The fourth-order valence-electron chi connectivity index (χ4n) is 4.76. The second-order valence-electron chi connectivity index (χ2n) is 8.12. The summed E-state index contributed by atoms with van der Waals surface area (Å²) in [5.74, 6) is 1.21. The van der Waals surface area contributed by atoms with E-state index in [0.717, 1.165) is 38.2 Å². The van der Waals surface area contributed by atoms with Crippen molar-refractivity contribution in [3.05, 3.63) is 0 Å². The number of hydrogen-bond donors (Lipinski definition) is 1. The standard InChI is InChI=1S/C18H32N2O/c1-14-10-16(12-17(2,3)11-14)21-9-7-15-6-5-8-18(15,13-19)20-4/h14-16,20H,5-12H2,1-4H3. The van der Waals surface area contributed by atoms with Crippen molar-refractivity contribution >= 4 is 0 Å². The molecule has 21 heavy (non-hydrogen) atoms. The molecular weight excluding hydrogens is 260 g/mol. The molecule has 1 N–H and O–H groups in total. The minimum absolute atomic E-state index is 0.303. The van der Waals surface area contributed by atoms with Gasteiger partial charge in [0.1, 0.15) is 5.54 Å². The van der Waals surface area contributed by atoms with Gasteiger partial charge in [-0.25, -0.2) is 0 Å². The van der Waals surface area contributed by atoms with E-state index in [1.54, 1.807) is 0 Å². The maximum Gasteiger partial charge on any atom is 0.109 e. The van der Waals surface area contributed by atoms with Crippen LogP contribution in [0, 0.1) is 28.6 Å². The number of hydrogen-bond acceptors (Lipinski definition) is 3. The second kappa shape index (κ2) is 6.67. The summed E-state index contributed by atoms with van der Waals surface area (Å²) in [5, 5.41) is 12.8. The molecule has 4 atom stereocenters. The Morgan fingerprint density at radius 1 is 1.33 bits per heavy atom. The summed E-state index contributed by atoms with van der Waals surface area (Å²) in [4.78, 5) is 0. The van der Waals surface area contributed by atoms with E-state index in [0.29, 0.717) is 17.4 Å². The molecule has 0 radical (unpaired) electrons. The Labute approximate surface area is 130 Å². The van der Waals surface area contributed by atoms with Gasteiger partial charge in [-0.15, -0.1) is 0 Å². The number of ether oxygens (including phenoxy) is 1. The molecule has 0 amide bonds. The average molecular weight is 292 g/mol. The van der Waals surface area contributed by atoms with Gasteiger partial charge in [-0.3, -0.25) is 0 Å². The Morgan fingerprint density at radius 2 is 2.10 bits per heavy atom. The van der Waals surface area contributed by atoms with Gasteiger partial charge in [0.05, 0.1) is 12.2 Å². The lowest BCUT2D eigenvalue weighted by atomic mass is 9.71. The van der Waals surface area contributed by atoms with Crippen LogP contribution in [0.15, 0.2) is 0 Å². The molecule has 2 saturated carbocycles. The van der Waals surface area contributed by atoms with Gasteiger partial charge in [0.25, 0.3) is 0 Å². The first-order valence-corrected chi connectivity index (χ1v) is 8.62. The molecule has 2 rings (SSSR count). The molecule has 0 aromatic carbocycles. The van der Waals surface area contributed by atoms with E-state index in [2.05, 4.69) is 32.2 Å². The highest BCUT2D eigenvalue weighted by Gasteiger charge is 2.41. The van der Waals surface area contributed by atoms with E-state index in [-0.39, 0.29) is 5.54 Å². The summed E-state index contributed by atoms with van der Waals surface area (Å²) in [6.07, 6.45) is 8.42. The first-order chi connectivity index (χ1) is 9.91. The molecule has 2 aliphatic carbocycles. The summed E-state index contributed by atoms with van der Waals surface area (Å²) < 4.78 is 6.20. The Bertz CT molecular complexity index is 387. The molecular formula is C18H32N2O. The first-order valence-electron chi connectivity index (χ1n) is 8.62. The van der Waals surface area contributed by atoms with Crippen molar-refractivity contribution in [1.82, 2.24) is 5.32 Å². The van der Waals surface area contributed by atoms with E-state index in [4.69, 9.17) is 4.74 Å². The monoisotopic (exact) mass is 292 g/mol. The van der Waals surface area contributed by atoms with Crippen LogP contribution in [0.25, 0.3) is 0 Å². The van der Waals surface area contributed by atoms with Crippen LogP contribution in [0.3, 0.4) is 0 Å². The van der Waals surface area contributed by atoms with Crippen molar-refractivity contribution < 1.29 is 4.74 Å². The molecule has 0 aromatic rings. The molecule has 3 heteroatoms. The zero-order valence-corrected chi connectivity index (χ0v) is 14.2.